The fourth-order valence-electron chi connectivity index (χ4n) is 2.46. The molecule has 0 aliphatic rings. The number of amides is 1. The summed E-state index contributed by atoms with van der Waals surface area (Å²) in [6.07, 6.45) is 1.60. The Morgan fingerprint density at radius 3 is 2.77 bits per heavy atom. The molecule has 6 nitrogen and oxygen atoms in total. The van der Waals surface area contributed by atoms with Gasteiger partial charge in [-0.15, -0.1) is 10.2 Å². The highest BCUT2D eigenvalue weighted by Crippen LogP contribution is 2.27. The van der Waals surface area contributed by atoms with Crippen LogP contribution in [0.2, 0.25) is 0 Å². The quantitative estimate of drug-likeness (QED) is 0.570. The van der Waals surface area contributed by atoms with E-state index in [2.05, 4.69) is 31.4 Å². The molecule has 0 aliphatic carbocycles. The Balaban J connectivity index is 1.68. The molecule has 0 spiro atoms. The lowest BCUT2D eigenvalue weighted by molar-refractivity contribution is -0.113. The van der Waals surface area contributed by atoms with Crippen LogP contribution in [0.1, 0.15) is 18.1 Å². The van der Waals surface area contributed by atoms with Crippen molar-refractivity contribution in [1.29, 1.82) is 0 Å². The summed E-state index contributed by atoms with van der Waals surface area (Å²) in [6.45, 7) is 6.75. The summed E-state index contributed by atoms with van der Waals surface area (Å²) < 4.78 is 8.20. The van der Waals surface area contributed by atoms with Crippen molar-refractivity contribution in [2.24, 2.45) is 0 Å². The SMILES string of the molecule is CCn1c(SCC(=O)Nc2cc(C)c(C)cc2Br)nnc1-c1ccco1. The second-order valence-corrected chi connectivity index (χ2v) is 7.58. The van der Waals surface area contributed by atoms with Crippen molar-refractivity contribution in [1.82, 2.24) is 14.8 Å². The van der Waals surface area contributed by atoms with Crippen LogP contribution in [0, 0.1) is 13.8 Å². The first kappa shape index (κ1) is 18.7. The molecule has 1 aromatic carbocycles. The summed E-state index contributed by atoms with van der Waals surface area (Å²) in [5.74, 6) is 1.48. The number of hydrogen-bond acceptors (Lipinski definition) is 5. The minimum absolute atomic E-state index is 0.0934. The molecular formula is C18H19BrN4O2S. The standard InChI is InChI=1S/C18H19BrN4O2S/c1-4-23-17(15-6-5-7-25-15)21-22-18(23)26-10-16(24)20-14-9-12(3)11(2)8-13(14)19/h5-9H,4,10H2,1-3H3,(H,20,24). The highest BCUT2D eigenvalue weighted by Gasteiger charge is 2.16. The first-order chi connectivity index (χ1) is 12.5. The molecule has 3 aromatic rings. The molecule has 0 fully saturated rings. The number of carbonyl (C=O) groups excluding carboxylic acids is 1. The Labute approximate surface area is 164 Å². The summed E-state index contributed by atoms with van der Waals surface area (Å²) in [6, 6.07) is 7.62. The molecule has 26 heavy (non-hydrogen) atoms. The summed E-state index contributed by atoms with van der Waals surface area (Å²) >= 11 is 4.85. The number of carbonyl (C=O) groups is 1. The van der Waals surface area contributed by atoms with E-state index in [1.807, 2.05) is 49.6 Å². The van der Waals surface area contributed by atoms with E-state index < -0.39 is 0 Å². The third-order valence-electron chi connectivity index (χ3n) is 3.96. The van der Waals surface area contributed by atoms with E-state index in [0.29, 0.717) is 23.3 Å². The maximum absolute atomic E-state index is 12.3. The Kier molecular flexibility index (Phi) is 5.83. The van der Waals surface area contributed by atoms with Gasteiger partial charge < -0.3 is 9.73 Å². The van der Waals surface area contributed by atoms with Crippen LogP contribution in [0.4, 0.5) is 5.69 Å². The molecule has 0 radical (unpaired) electrons. The van der Waals surface area contributed by atoms with Gasteiger partial charge in [0, 0.05) is 11.0 Å². The Morgan fingerprint density at radius 1 is 1.31 bits per heavy atom. The molecule has 2 aromatic heterocycles. The molecule has 0 saturated heterocycles. The van der Waals surface area contributed by atoms with Gasteiger partial charge in [0.25, 0.3) is 0 Å². The molecule has 2 heterocycles. The van der Waals surface area contributed by atoms with Gasteiger partial charge in [0.1, 0.15) is 0 Å². The third kappa shape index (κ3) is 4.02. The summed E-state index contributed by atoms with van der Waals surface area (Å²) in [5, 5.41) is 12.0. The highest BCUT2D eigenvalue weighted by atomic mass is 79.9. The normalized spacial score (nSPS) is 10.9. The van der Waals surface area contributed by atoms with E-state index in [-0.39, 0.29) is 11.7 Å². The van der Waals surface area contributed by atoms with Gasteiger partial charge in [-0.2, -0.15) is 0 Å². The Bertz CT molecular complexity index is 922. The first-order valence-electron chi connectivity index (χ1n) is 8.16. The smallest absolute Gasteiger partial charge is 0.234 e. The molecule has 0 aliphatic heterocycles. The van der Waals surface area contributed by atoms with Crippen molar-refractivity contribution in [3.05, 3.63) is 46.1 Å². The molecule has 1 N–H and O–H groups in total. The largest absolute Gasteiger partial charge is 0.461 e. The van der Waals surface area contributed by atoms with Gasteiger partial charge in [-0.1, -0.05) is 11.8 Å². The Hall–Kier alpha value is -2.06. The predicted molar refractivity (Wildman–Crippen MR) is 106 cm³/mol. The van der Waals surface area contributed by atoms with Crippen molar-refractivity contribution in [3.8, 4) is 11.6 Å². The minimum Gasteiger partial charge on any atom is -0.461 e. The first-order valence-corrected chi connectivity index (χ1v) is 9.94. The minimum atomic E-state index is -0.0934. The van der Waals surface area contributed by atoms with Crippen molar-refractivity contribution in [2.45, 2.75) is 32.5 Å². The number of aryl methyl sites for hydroxylation is 2. The van der Waals surface area contributed by atoms with E-state index in [4.69, 9.17) is 4.42 Å². The zero-order valence-corrected chi connectivity index (χ0v) is 17.1. The lowest BCUT2D eigenvalue weighted by atomic mass is 10.1. The molecule has 1 amide bonds. The number of nitrogens with one attached hydrogen (secondary N) is 1. The van der Waals surface area contributed by atoms with E-state index >= 15 is 0 Å². The van der Waals surface area contributed by atoms with Gasteiger partial charge >= 0.3 is 0 Å². The van der Waals surface area contributed by atoms with Crippen molar-refractivity contribution < 1.29 is 9.21 Å². The second kappa shape index (κ2) is 8.09. The highest BCUT2D eigenvalue weighted by molar-refractivity contribution is 9.10. The maximum atomic E-state index is 12.3. The molecule has 3 rings (SSSR count). The van der Waals surface area contributed by atoms with Crippen molar-refractivity contribution in [3.63, 3.8) is 0 Å². The lowest BCUT2D eigenvalue weighted by Crippen LogP contribution is -2.15. The number of furan rings is 1. The average molecular weight is 435 g/mol. The van der Waals surface area contributed by atoms with Crippen LogP contribution in [-0.4, -0.2) is 26.4 Å². The van der Waals surface area contributed by atoms with E-state index in [9.17, 15) is 4.79 Å². The van der Waals surface area contributed by atoms with E-state index in [0.717, 1.165) is 15.7 Å². The van der Waals surface area contributed by atoms with Gasteiger partial charge in [-0.25, -0.2) is 0 Å². The van der Waals surface area contributed by atoms with Crippen molar-refractivity contribution >= 4 is 39.3 Å². The monoisotopic (exact) mass is 434 g/mol. The zero-order valence-electron chi connectivity index (χ0n) is 14.7. The number of hydrogen-bond donors (Lipinski definition) is 1. The summed E-state index contributed by atoms with van der Waals surface area (Å²) in [7, 11) is 0. The molecule has 136 valence electrons. The van der Waals surface area contributed by atoms with E-state index in [1.54, 1.807) is 6.26 Å². The second-order valence-electron chi connectivity index (χ2n) is 5.78. The summed E-state index contributed by atoms with van der Waals surface area (Å²) in [4.78, 5) is 12.3. The number of halogens is 1. The van der Waals surface area contributed by atoms with E-state index in [1.165, 1.54) is 17.3 Å². The number of aromatic nitrogens is 3. The lowest BCUT2D eigenvalue weighted by Gasteiger charge is -2.10. The molecule has 8 heteroatoms. The maximum Gasteiger partial charge on any atom is 0.234 e. The fraction of sp³-hybridized carbons (Fsp3) is 0.278. The topological polar surface area (TPSA) is 73.0 Å². The fourth-order valence-corrected chi connectivity index (χ4v) is 3.82. The number of benzene rings is 1. The number of thioether (sulfide) groups is 1. The molecular weight excluding hydrogens is 416 g/mol. The van der Waals surface area contributed by atoms with Gasteiger partial charge in [-0.05, 0) is 72.1 Å². The van der Waals surface area contributed by atoms with Gasteiger partial charge in [0.05, 0.1) is 17.7 Å². The molecule has 0 bridgehead atoms. The number of nitrogens with zero attached hydrogens (tertiary/aromatic N) is 3. The average Bonchev–Trinajstić information content (AvgIpc) is 3.26. The van der Waals surface area contributed by atoms with Gasteiger partial charge in [-0.3, -0.25) is 9.36 Å². The van der Waals surface area contributed by atoms with Crippen LogP contribution >= 0.6 is 27.7 Å². The van der Waals surface area contributed by atoms with Crippen LogP contribution in [0.25, 0.3) is 11.6 Å². The molecule has 0 unspecified atom stereocenters. The van der Waals surface area contributed by atoms with Crippen molar-refractivity contribution in [2.75, 3.05) is 11.1 Å². The van der Waals surface area contributed by atoms with Crippen LogP contribution in [-0.2, 0) is 11.3 Å². The Morgan fingerprint density at radius 2 is 2.08 bits per heavy atom. The van der Waals surface area contributed by atoms with Gasteiger partial charge in [0.15, 0.2) is 16.7 Å². The van der Waals surface area contributed by atoms with Crippen LogP contribution < -0.4 is 5.32 Å². The third-order valence-corrected chi connectivity index (χ3v) is 5.59. The van der Waals surface area contributed by atoms with Crippen LogP contribution in [0.15, 0.2) is 44.6 Å². The molecule has 0 atom stereocenters. The summed E-state index contributed by atoms with van der Waals surface area (Å²) in [5.41, 5.74) is 3.07. The predicted octanol–water partition coefficient (Wildman–Crippen LogP) is 4.67. The van der Waals surface area contributed by atoms with Gasteiger partial charge in [0.2, 0.25) is 5.91 Å². The zero-order chi connectivity index (χ0) is 18.7. The van der Waals surface area contributed by atoms with Crippen LogP contribution in [0.5, 0.6) is 0 Å². The number of anilines is 1. The molecule has 0 saturated carbocycles. The number of rotatable bonds is 6. The van der Waals surface area contributed by atoms with Crippen LogP contribution in [0.3, 0.4) is 0 Å².